The van der Waals surface area contributed by atoms with Crippen molar-refractivity contribution in [3.63, 3.8) is 0 Å². The highest BCUT2D eigenvalue weighted by atomic mass is 79.9. The molecule has 0 bridgehead atoms. The van der Waals surface area contributed by atoms with Gasteiger partial charge in [0.05, 0.1) is 17.4 Å². The standard InChI is InChI=1S/C15H12BrN3O2S/c16-10-3-4-13-12(6-10)15(19-9-18-13)21-8-14(20)17-7-11-2-1-5-22-11/h1-6,9H,7-8H2,(H,17,20). The second kappa shape index (κ2) is 6.85. The molecular weight excluding hydrogens is 366 g/mol. The van der Waals surface area contributed by atoms with Crippen molar-refractivity contribution in [3.05, 3.63) is 51.4 Å². The maximum Gasteiger partial charge on any atom is 0.258 e. The Balaban J connectivity index is 1.63. The van der Waals surface area contributed by atoms with Gasteiger partial charge >= 0.3 is 0 Å². The topological polar surface area (TPSA) is 64.1 Å². The van der Waals surface area contributed by atoms with Gasteiger partial charge in [-0.25, -0.2) is 9.97 Å². The van der Waals surface area contributed by atoms with Crippen molar-refractivity contribution in [3.8, 4) is 5.88 Å². The number of fused-ring (bicyclic) bond motifs is 1. The molecule has 1 amide bonds. The summed E-state index contributed by atoms with van der Waals surface area (Å²) in [7, 11) is 0. The molecule has 7 heteroatoms. The Morgan fingerprint density at radius 1 is 1.32 bits per heavy atom. The summed E-state index contributed by atoms with van der Waals surface area (Å²) in [6.07, 6.45) is 1.43. The first-order chi connectivity index (χ1) is 10.7. The van der Waals surface area contributed by atoms with Gasteiger partial charge < -0.3 is 10.1 Å². The van der Waals surface area contributed by atoms with Crippen LogP contribution in [-0.2, 0) is 11.3 Å². The number of amides is 1. The Morgan fingerprint density at radius 3 is 3.05 bits per heavy atom. The average Bonchev–Trinajstić information content (AvgIpc) is 3.04. The summed E-state index contributed by atoms with van der Waals surface area (Å²) in [4.78, 5) is 21.2. The van der Waals surface area contributed by atoms with Crippen molar-refractivity contribution in [1.29, 1.82) is 0 Å². The molecule has 0 unspecified atom stereocenters. The zero-order valence-corrected chi connectivity index (χ0v) is 13.9. The third-order valence-corrected chi connectivity index (χ3v) is 4.31. The van der Waals surface area contributed by atoms with E-state index in [4.69, 9.17) is 4.74 Å². The molecule has 22 heavy (non-hydrogen) atoms. The first kappa shape index (κ1) is 14.9. The smallest absolute Gasteiger partial charge is 0.258 e. The van der Waals surface area contributed by atoms with Crippen LogP contribution in [0.3, 0.4) is 0 Å². The number of carbonyl (C=O) groups is 1. The maximum atomic E-state index is 11.8. The van der Waals surface area contributed by atoms with Crippen LogP contribution in [0.5, 0.6) is 5.88 Å². The van der Waals surface area contributed by atoms with Gasteiger partial charge in [0.15, 0.2) is 6.61 Å². The normalized spacial score (nSPS) is 10.6. The van der Waals surface area contributed by atoms with E-state index in [9.17, 15) is 4.79 Å². The van der Waals surface area contributed by atoms with Crippen LogP contribution in [0.25, 0.3) is 10.9 Å². The minimum absolute atomic E-state index is 0.0794. The van der Waals surface area contributed by atoms with E-state index in [1.165, 1.54) is 6.33 Å². The average molecular weight is 378 g/mol. The van der Waals surface area contributed by atoms with E-state index in [2.05, 4.69) is 31.2 Å². The summed E-state index contributed by atoms with van der Waals surface area (Å²) in [5.41, 5.74) is 0.771. The van der Waals surface area contributed by atoms with E-state index in [1.54, 1.807) is 11.3 Å². The summed E-state index contributed by atoms with van der Waals surface area (Å²) >= 11 is 5.01. The van der Waals surface area contributed by atoms with E-state index in [1.807, 2.05) is 35.7 Å². The van der Waals surface area contributed by atoms with Crippen LogP contribution in [0.1, 0.15) is 4.88 Å². The molecule has 0 radical (unpaired) electrons. The first-order valence-corrected chi connectivity index (χ1v) is 8.22. The molecule has 0 aliphatic heterocycles. The fraction of sp³-hybridized carbons (Fsp3) is 0.133. The highest BCUT2D eigenvalue weighted by Crippen LogP contribution is 2.24. The summed E-state index contributed by atoms with van der Waals surface area (Å²) in [6, 6.07) is 9.56. The van der Waals surface area contributed by atoms with Gasteiger partial charge in [0, 0.05) is 9.35 Å². The minimum atomic E-state index is -0.185. The van der Waals surface area contributed by atoms with E-state index in [0.29, 0.717) is 12.4 Å². The fourth-order valence-electron chi connectivity index (χ4n) is 1.90. The van der Waals surface area contributed by atoms with Gasteiger partial charge in [0.1, 0.15) is 6.33 Å². The van der Waals surface area contributed by atoms with Crippen LogP contribution >= 0.6 is 27.3 Å². The lowest BCUT2D eigenvalue weighted by Crippen LogP contribution is -2.28. The largest absolute Gasteiger partial charge is 0.467 e. The lowest BCUT2D eigenvalue weighted by atomic mass is 10.2. The predicted molar refractivity (Wildman–Crippen MR) is 88.9 cm³/mol. The van der Waals surface area contributed by atoms with Crippen LogP contribution in [0.2, 0.25) is 0 Å². The van der Waals surface area contributed by atoms with E-state index < -0.39 is 0 Å². The molecule has 5 nitrogen and oxygen atoms in total. The molecule has 0 fully saturated rings. The van der Waals surface area contributed by atoms with Gasteiger partial charge in [-0.1, -0.05) is 22.0 Å². The highest BCUT2D eigenvalue weighted by Gasteiger charge is 2.08. The zero-order chi connectivity index (χ0) is 15.4. The van der Waals surface area contributed by atoms with Crippen molar-refractivity contribution in [2.24, 2.45) is 0 Å². The summed E-state index contributed by atoms with van der Waals surface area (Å²) in [5.74, 6) is 0.215. The number of nitrogens with zero attached hydrogens (tertiary/aromatic N) is 2. The van der Waals surface area contributed by atoms with Gasteiger partial charge in [-0.2, -0.15) is 0 Å². The Labute approximate surface area is 139 Å². The molecule has 1 N–H and O–H groups in total. The third kappa shape index (κ3) is 3.61. The van der Waals surface area contributed by atoms with Crippen molar-refractivity contribution in [2.45, 2.75) is 6.54 Å². The highest BCUT2D eigenvalue weighted by molar-refractivity contribution is 9.10. The third-order valence-electron chi connectivity index (χ3n) is 2.94. The Kier molecular flexibility index (Phi) is 4.65. The van der Waals surface area contributed by atoms with Crippen LogP contribution in [0.4, 0.5) is 0 Å². The van der Waals surface area contributed by atoms with Gasteiger partial charge in [0.2, 0.25) is 5.88 Å². The number of benzene rings is 1. The number of rotatable bonds is 5. The predicted octanol–water partition coefficient (Wildman–Crippen LogP) is 3.15. The molecular formula is C15H12BrN3O2S. The Hall–Kier alpha value is -1.99. The molecule has 2 heterocycles. The molecule has 2 aromatic heterocycles. The zero-order valence-electron chi connectivity index (χ0n) is 11.5. The van der Waals surface area contributed by atoms with Gasteiger partial charge in [-0.05, 0) is 29.6 Å². The lowest BCUT2D eigenvalue weighted by Gasteiger charge is -2.08. The molecule has 0 saturated heterocycles. The Bertz CT molecular complexity index is 793. The summed E-state index contributed by atoms with van der Waals surface area (Å²) in [6.45, 7) is 0.430. The van der Waals surface area contributed by atoms with Crippen molar-refractivity contribution in [1.82, 2.24) is 15.3 Å². The number of hydrogen-bond donors (Lipinski definition) is 1. The van der Waals surface area contributed by atoms with Crippen LogP contribution in [0.15, 0.2) is 46.5 Å². The molecule has 3 aromatic rings. The van der Waals surface area contributed by atoms with E-state index >= 15 is 0 Å². The molecule has 3 rings (SSSR count). The number of thiophene rings is 1. The molecule has 112 valence electrons. The maximum absolute atomic E-state index is 11.8. The van der Waals surface area contributed by atoms with Gasteiger partial charge in [-0.15, -0.1) is 11.3 Å². The van der Waals surface area contributed by atoms with Crippen molar-refractivity contribution >= 4 is 44.1 Å². The summed E-state index contributed by atoms with van der Waals surface area (Å²) < 4.78 is 6.43. The molecule has 0 aliphatic carbocycles. The molecule has 0 spiro atoms. The fourth-order valence-corrected chi connectivity index (χ4v) is 2.91. The monoisotopic (exact) mass is 377 g/mol. The van der Waals surface area contributed by atoms with Crippen LogP contribution in [-0.4, -0.2) is 22.5 Å². The summed E-state index contributed by atoms with van der Waals surface area (Å²) in [5, 5.41) is 5.55. The number of carbonyl (C=O) groups excluding carboxylic acids is 1. The van der Waals surface area contributed by atoms with Crippen LogP contribution in [0, 0.1) is 0 Å². The van der Waals surface area contributed by atoms with Gasteiger partial charge in [0.25, 0.3) is 5.91 Å². The quantitative estimate of drug-likeness (QED) is 0.741. The van der Waals surface area contributed by atoms with Crippen molar-refractivity contribution in [2.75, 3.05) is 6.61 Å². The lowest BCUT2D eigenvalue weighted by molar-refractivity contribution is -0.123. The molecule has 1 aromatic carbocycles. The Morgan fingerprint density at radius 2 is 2.23 bits per heavy atom. The number of hydrogen-bond acceptors (Lipinski definition) is 5. The molecule has 0 saturated carbocycles. The molecule has 0 atom stereocenters. The van der Waals surface area contributed by atoms with E-state index in [-0.39, 0.29) is 12.5 Å². The number of nitrogens with one attached hydrogen (secondary N) is 1. The van der Waals surface area contributed by atoms with Gasteiger partial charge in [-0.3, -0.25) is 4.79 Å². The number of ether oxygens (including phenoxy) is 1. The number of halogens is 1. The van der Waals surface area contributed by atoms with Crippen molar-refractivity contribution < 1.29 is 9.53 Å². The van der Waals surface area contributed by atoms with E-state index in [0.717, 1.165) is 20.3 Å². The second-order valence-corrected chi connectivity index (χ2v) is 6.43. The SMILES string of the molecule is O=C(COc1ncnc2ccc(Br)cc12)NCc1cccs1. The first-order valence-electron chi connectivity index (χ1n) is 6.54. The second-order valence-electron chi connectivity index (χ2n) is 4.49. The van der Waals surface area contributed by atoms with Crippen LogP contribution < -0.4 is 10.1 Å². The molecule has 0 aliphatic rings. The number of aromatic nitrogens is 2. The minimum Gasteiger partial charge on any atom is -0.467 e.